The van der Waals surface area contributed by atoms with Crippen molar-refractivity contribution in [2.45, 2.75) is 6.61 Å². The summed E-state index contributed by atoms with van der Waals surface area (Å²) in [6, 6.07) is 22.7. The molecular weight excluding hydrogens is 624 g/mol. The average Bonchev–Trinajstić information content (AvgIpc) is 2.96. The van der Waals surface area contributed by atoms with Gasteiger partial charge in [0.05, 0.1) is 23.0 Å². The summed E-state index contributed by atoms with van der Waals surface area (Å²) in [5.41, 5.74) is 2.78. The van der Waals surface area contributed by atoms with Crippen molar-refractivity contribution < 1.29 is 24.5 Å². The third-order valence-corrected chi connectivity index (χ3v) is 7.20. The zero-order valence-electron chi connectivity index (χ0n) is 22.9. The maximum absolute atomic E-state index is 13.0. The smallest absolute Gasteiger partial charge is 0.357 e. The summed E-state index contributed by atoms with van der Waals surface area (Å²) >= 11 is 12.7. The van der Waals surface area contributed by atoms with Crippen molar-refractivity contribution in [1.82, 2.24) is 9.88 Å². The van der Waals surface area contributed by atoms with E-state index in [1.165, 1.54) is 5.69 Å². The Hall–Kier alpha value is -2.98. The molecule has 0 spiro atoms. The number of fused-ring (bicyclic) bond motifs is 1. The van der Waals surface area contributed by atoms with Crippen molar-refractivity contribution in [3.05, 3.63) is 94.1 Å². The maximum atomic E-state index is 13.0. The number of aromatic nitrogens is 1. The highest BCUT2D eigenvalue weighted by Gasteiger charge is 2.20. The first-order chi connectivity index (χ1) is 19.0. The predicted octanol–water partition coefficient (Wildman–Crippen LogP) is 6.13. The van der Waals surface area contributed by atoms with Gasteiger partial charge in [-0.3, -0.25) is 4.90 Å². The first-order valence-electron chi connectivity index (χ1n) is 12.7. The highest BCUT2D eigenvalue weighted by molar-refractivity contribution is 6.39. The Morgan fingerprint density at radius 2 is 1.62 bits per heavy atom. The lowest BCUT2D eigenvalue weighted by molar-refractivity contribution is 0.0452. The maximum Gasteiger partial charge on any atom is 0.357 e. The molecule has 0 unspecified atom stereocenters. The fraction of sp³-hybridized carbons (Fsp3) is 0.267. The number of methoxy groups -OCH3 is 1. The van der Waals surface area contributed by atoms with E-state index in [9.17, 15) is 4.79 Å². The fourth-order valence-corrected chi connectivity index (χ4v) is 5.14. The van der Waals surface area contributed by atoms with Crippen molar-refractivity contribution in [3.63, 3.8) is 0 Å². The average molecular weight is 657 g/mol. The Kier molecular flexibility index (Phi) is 13.9. The highest BCUT2D eigenvalue weighted by Crippen LogP contribution is 2.35. The number of carbonyl (C=O) groups is 1. The van der Waals surface area contributed by atoms with E-state index in [0.29, 0.717) is 39.8 Å². The molecule has 0 amide bonds. The molecule has 12 heteroatoms. The molecule has 1 saturated heterocycles. The van der Waals surface area contributed by atoms with Crippen LogP contribution in [-0.2, 0) is 11.3 Å². The van der Waals surface area contributed by atoms with Crippen LogP contribution in [0.2, 0.25) is 10.0 Å². The standard InChI is InChI=1S/C30H29Cl2N3O4.2ClH.H2O/c1-37-24-9-7-23(8-10-24)35-13-11-34(12-14-35)15-16-38-30(36)27-19-28(39-20-21-5-3-2-4-6-21)29-25(32)17-22(31)18-26(29)33-27;;;/h2-10,17-19H,11-16,20H2,1H3;2*1H;1H2. The molecule has 0 radical (unpaired) electrons. The first kappa shape index (κ1) is 35.2. The normalized spacial score (nSPS) is 12.9. The largest absolute Gasteiger partial charge is 0.497 e. The van der Waals surface area contributed by atoms with Gasteiger partial charge in [0.15, 0.2) is 5.69 Å². The monoisotopic (exact) mass is 655 g/mol. The molecule has 0 saturated carbocycles. The van der Waals surface area contributed by atoms with Gasteiger partial charge in [-0.05, 0) is 42.0 Å². The fourth-order valence-electron chi connectivity index (χ4n) is 4.57. The van der Waals surface area contributed by atoms with Gasteiger partial charge in [0.25, 0.3) is 0 Å². The number of piperazine rings is 1. The van der Waals surface area contributed by atoms with Crippen LogP contribution in [0.15, 0.2) is 72.8 Å². The van der Waals surface area contributed by atoms with Gasteiger partial charge < -0.3 is 24.6 Å². The predicted molar refractivity (Wildman–Crippen MR) is 173 cm³/mol. The van der Waals surface area contributed by atoms with Gasteiger partial charge in [-0.15, -0.1) is 24.8 Å². The Labute approximate surface area is 267 Å². The van der Waals surface area contributed by atoms with Crippen molar-refractivity contribution in [2.75, 3.05) is 51.3 Å². The van der Waals surface area contributed by atoms with Gasteiger partial charge in [0.1, 0.15) is 24.7 Å². The summed E-state index contributed by atoms with van der Waals surface area (Å²) in [5.74, 6) is 0.780. The number of halogens is 4. The Bertz CT molecular complexity index is 1440. The topological polar surface area (TPSA) is 95.6 Å². The molecule has 0 aliphatic carbocycles. The molecule has 2 heterocycles. The van der Waals surface area contributed by atoms with Crippen molar-refractivity contribution in [2.24, 2.45) is 0 Å². The minimum absolute atomic E-state index is 0. The van der Waals surface area contributed by atoms with Crippen molar-refractivity contribution in [3.8, 4) is 11.5 Å². The zero-order valence-corrected chi connectivity index (χ0v) is 26.1. The summed E-state index contributed by atoms with van der Waals surface area (Å²) in [6.07, 6.45) is 0. The Balaban J connectivity index is 0.00000205. The van der Waals surface area contributed by atoms with Gasteiger partial charge in [0.2, 0.25) is 0 Å². The van der Waals surface area contributed by atoms with Gasteiger partial charge in [-0.25, -0.2) is 9.78 Å². The summed E-state index contributed by atoms with van der Waals surface area (Å²) in [5, 5.41) is 1.43. The van der Waals surface area contributed by atoms with E-state index in [-0.39, 0.29) is 42.6 Å². The molecule has 3 aromatic carbocycles. The quantitative estimate of drug-likeness (QED) is 0.200. The van der Waals surface area contributed by atoms with E-state index < -0.39 is 5.97 Å². The number of rotatable bonds is 9. The van der Waals surface area contributed by atoms with E-state index in [1.54, 1.807) is 25.3 Å². The summed E-state index contributed by atoms with van der Waals surface area (Å²) in [4.78, 5) is 22.1. The molecule has 8 nitrogen and oxygen atoms in total. The van der Waals surface area contributed by atoms with Gasteiger partial charge in [0, 0.05) is 49.5 Å². The van der Waals surface area contributed by atoms with Crippen LogP contribution >= 0.6 is 48.0 Å². The highest BCUT2D eigenvalue weighted by atomic mass is 35.5. The van der Waals surface area contributed by atoms with Crippen LogP contribution in [0.4, 0.5) is 5.69 Å². The second kappa shape index (κ2) is 16.6. The van der Waals surface area contributed by atoms with Crippen molar-refractivity contribution >= 4 is 70.6 Å². The lowest BCUT2D eigenvalue weighted by atomic mass is 10.1. The molecule has 226 valence electrons. The number of anilines is 1. The molecular formula is C30H33Cl4N3O5. The van der Waals surface area contributed by atoms with Gasteiger partial charge in [-0.2, -0.15) is 0 Å². The van der Waals surface area contributed by atoms with E-state index in [4.69, 9.17) is 37.4 Å². The van der Waals surface area contributed by atoms with Gasteiger partial charge in [-0.1, -0.05) is 53.5 Å². The summed E-state index contributed by atoms with van der Waals surface area (Å²) in [7, 11) is 1.67. The van der Waals surface area contributed by atoms with E-state index in [1.807, 2.05) is 42.5 Å². The third-order valence-electron chi connectivity index (χ3n) is 6.69. The molecule has 42 heavy (non-hydrogen) atoms. The SMILES string of the molecule is COc1ccc(N2CCN(CCOC(=O)c3cc(OCc4ccccc4)c4c(Cl)cc(Cl)cc4n3)CC2)cc1.Cl.Cl.O. The molecule has 0 bridgehead atoms. The number of benzene rings is 3. The molecule has 4 aromatic rings. The van der Waals surface area contributed by atoms with Crippen LogP contribution in [0.1, 0.15) is 16.1 Å². The molecule has 1 aliphatic heterocycles. The van der Waals surface area contributed by atoms with E-state index >= 15 is 0 Å². The summed E-state index contributed by atoms with van der Waals surface area (Å²) < 4.78 is 16.9. The van der Waals surface area contributed by atoms with Crippen LogP contribution in [0.3, 0.4) is 0 Å². The number of carbonyl (C=O) groups excluding carboxylic acids is 1. The van der Waals surface area contributed by atoms with Crippen LogP contribution in [0.5, 0.6) is 11.5 Å². The van der Waals surface area contributed by atoms with E-state index in [0.717, 1.165) is 37.5 Å². The van der Waals surface area contributed by atoms with Gasteiger partial charge >= 0.3 is 5.97 Å². The molecule has 1 aliphatic rings. The molecule has 2 N–H and O–H groups in total. The Morgan fingerprint density at radius 1 is 0.929 bits per heavy atom. The minimum Gasteiger partial charge on any atom is -0.497 e. The van der Waals surface area contributed by atoms with Crippen LogP contribution in [0, 0.1) is 0 Å². The lowest BCUT2D eigenvalue weighted by Gasteiger charge is -2.36. The second-order valence-electron chi connectivity index (χ2n) is 9.22. The number of nitrogens with zero attached hydrogens (tertiary/aromatic N) is 3. The lowest BCUT2D eigenvalue weighted by Crippen LogP contribution is -2.47. The van der Waals surface area contributed by atoms with Crippen LogP contribution in [0.25, 0.3) is 10.9 Å². The number of ether oxygens (including phenoxy) is 3. The molecule has 1 fully saturated rings. The van der Waals surface area contributed by atoms with Crippen LogP contribution in [-0.4, -0.2) is 67.8 Å². The zero-order chi connectivity index (χ0) is 27.2. The summed E-state index contributed by atoms with van der Waals surface area (Å²) in [6.45, 7) is 4.78. The number of hydrogen-bond donors (Lipinski definition) is 0. The van der Waals surface area contributed by atoms with E-state index in [2.05, 4.69) is 26.9 Å². The third kappa shape index (κ3) is 8.77. The number of pyridine rings is 1. The number of esters is 1. The van der Waals surface area contributed by atoms with Crippen LogP contribution < -0.4 is 14.4 Å². The molecule has 0 atom stereocenters. The minimum atomic E-state index is -0.519. The van der Waals surface area contributed by atoms with Crippen molar-refractivity contribution in [1.29, 1.82) is 0 Å². The Morgan fingerprint density at radius 3 is 2.29 bits per heavy atom. The second-order valence-corrected chi connectivity index (χ2v) is 10.1. The first-order valence-corrected chi connectivity index (χ1v) is 13.5. The molecule has 1 aromatic heterocycles. The number of hydrogen-bond acceptors (Lipinski definition) is 7. The molecule has 5 rings (SSSR count).